The van der Waals surface area contributed by atoms with Crippen molar-refractivity contribution in [1.82, 2.24) is 4.90 Å². The van der Waals surface area contributed by atoms with Gasteiger partial charge in [-0.1, -0.05) is 6.07 Å². The van der Waals surface area contributed by atoms with E-state index in [1.807, 2.05) is 45.9 Å². The molecule has 5 nitrogen and oxygen atoms in total. The van der Waals surface area contributed by atoms with Crippen LogP contribution < -0.4 is 4.74 Å². The first-order valence-electron chi connectivity index (χ1n) is 10.8. The van der Waals surface area contributed by atoms with E-state index in [4.69, 9.17) is 14.2 Å². The molecule has 1 aliphatic heterocycles. The quantitative estimate of drug-likeness (QED) is 0.562. The van der Waals surface area contributed by atoms with Crippen molar-refractivity contribution in [2.24, 2.45) is 0 Å². The Bertz CT molecular complexity index is 942. The topological polar surface area (TPSA) is 48.0 Å². The van der Waals surface area contributed by atoms with Crippen LogP contribution in [0.1, 0.15) is 50.0 Å². The van der Waals surface area contributed by atoms with E-state index in [2.05, 4.69) is 4.90 Å². The molecule has 0 saturated carbocycles. The summed E-state index contributed by atoms with van der Waals surface area (Å²) in [5.74, 6) is -0.621. The van der Waals surface area contributed by atoms with Crippen molar-refractivity contribution >= 4 is 5.97 Å². The Morgan fingerprint density at radius 3 is 2.69 bits per heavy atom. The van der Waals surface area contributed by atoms with Gasteiger partial charge in [-0.2, -0.15) is 0 Å². The molecular formula is C25H31F2NO4. The lowest BCUT2D eigenvalue weighted by Gasteiger charge is -2.33. The van der Waals surface area contributed by atoms with Crippen molar-refractivity contribution < 1.29 is 27.8 Å². The number of hydrogen-bond acceptors (Lipinski definition) is 5. The number of hydrogen-bond donors (Lipinski definition) is 0. The zero-order chi connectivity index (χ0) is 23.3. The van der Waals surface area contributed by atoms with Crippen LogP contribution in [0.3, 0.4) is 0 Å². The predicted octanol–water partition coefficient (Wildman–Crippen LogP) is 4.96. The highest BCUT2D eigenvalue weighted by atomic mass is 19.1. The maximum absolute atomic E-state index is 13.8. The summed E-state index contributed by atoms with van der Waals surface area (Å²) in [5, 5.41) is 0. The summed E-state index contributed by atoms with van der Waals surface area (Å²) in [6.07, 6.45) is 0.226. The third-order valence-electron chi connectivity index (χ3n) is 5.19. The summed E-state index contributed by atoms with van der Waals surface area (Å²) >= 11 is 0. The molecule has 1 saturated heterocycles. The first-order valence-corrected chi connectivity index (χ1v) is 10.8. The number of nitrogens with zero attached hydrogens (tertiary/aromatic N) is 1. The highest BCUT2D eigenvalue weighted by Crippen LogP contribution is 2.28. The van der Waals surface area contributed by atoms with Gasteiger partial charge < -0.3 is 14.2 Å². The summed E-state index contributed by atoms with van der Waals surface area (Å²) in [6, 6.07) is 8.93. The number of morpholine rings is 1. The average Bonchev–Trinajstić information content (AvgIpc) is 2.72. The van der Waals surface area contributed by atoms with Crippen molar-refractivity contribution in [2.75, 3.05) is 26.2 Å². The summed E-state index contributed by atoms with van der Waals surface area (Å²) in [4.78, 5) is 14.2. The van der Waals surface area contributed by atoms with E-state index >= 15 is 0 Å². The molecule has 3 rings (SSSR count). The Morgan fingerprint density at radius 2 is 1.97 bits per heavy atom. The number of benzene rings is 2. The van der Waals surface area contributed by atoms with Gasteiger partial charge in [0, 0.05) is 25.2 Å². The van der Waals surface area contributed by atoms with Crippen LogP contribution in [0.25, 0.3) is 0 Å². The van der Waals surface area contributed by atoms with Gasteiger partial charge in [-0.15, -0.1) is 0 Å². The Morgan fingerprint density at radius 1 is 1.19 bits per heavy atom. The molecule has 0 radical (unpaired) electrons. The summed E-state index contributed by atoms with van der Waals surface area (Å²) in [6.45, 7) is 10.1. The van der Waals surface area contributed by atoms with E-state index in [-0.39, 0.29) is 24.2 Å². The van der Waals surface area contributed by atoms with E-state index in [1.165, 1.54) is 0 Å². The second-order valence-electron chi connectivity index (χ2n) is 9.04. The fraction of sp³-hybridized carbons (Fsp3) is 0.480. The molecule has 1 heterocycles. The predicted molar refractivity (Wildman–Crippen MR) is 117 cm³/mol. The number of carbonyl (C=O) groups excluding carboxylic acids is 1. The molecule has 2 aromatic rings. The van der Waals surface area contributed by atoms with E-state index < -0.39 is 17.2 Å². The third-order valence-corrected chi connectivity index (χ3v) is 5.19. The first kappa shape index (κ1) is 24.1. The standard InChI is InChI=1S/C25H31F2NO4/c1-17-13-20(31-16-18-14-19(26)5-8-22(18)27)6-7-21(17)23-15-28(11-12-30-23)10-9-24(29)32-25(2,3)4/h5-8,13-14,23H,9-12,15-16H2,1-4H3. The minimum absolute atomic E-state index is 0.0548. The zero-order valence-electron chi connectivity index (χ0n) is 19.1. The fourth-order valence-corrected chi connectivity index (χ4v) is 3.65. The van der Waals surface area contributed by atoms with Crippen LogP contribution in [-0.4, -0.2) is 42.7 Å². The smallest absolute Gasteiger partial charge is 0.307 e. The van der Waals surface area contributed by atoms with Crippen LogP contribution >= 0.6 is 0 Å². The summed E-state index contributed by atoms with van der Waals surface area (Å²) in [5.41, 5.74) is 1.71. The summed E-state index contributed by atoms with van der Waals surface area (Å²) in [7, 11) is 0. The van der Waals surface area contributed by atoms with Crippen molar-refractivity contribution in [2.45, 2.75) is 52.4 Å². The minimum atomic E-state index is -0.498. The lowest BCUT2D eigenvalue weighted by Crippen LogP contribution is -2.40. The molecule has 0 spiro atoms. The molecule has 1 atom stereocenters. The monoisotopic (exact) mass is 447 g/mol. The third kappa shape index (κ3) is 7.00. The van der Waals surface area contributed by atoms with E-state index in [0.29, 0.717) is 31.9 Å². The van der Waals surface area contributed by atoms with Gasteiger partial charge in [0.1, 0.15) is 29.6 Å². The highest BCUT2D eigenvalue weighted by Gasteiger charge is 2.25. The van der Waals surface area contributed by atoms with Crippen LogP contribution in [-0.2, 0) is 20.9 Å². The molecular weight excluding hydrogens is 416 g/mol. The molecule has 32 heavy (non-hydrogen) atoms. The molecule has 0 N–H and O–H groups in total. The number of carbonyl (C=O) groups is 1. The maximum Gasteiger partial charge on any atom is 0.307 e. The van der Waals surface area contributed by atoms with Crippen molar-refractivity contribution in [3.63, 3.8) is 0 Å². The van der Waals surface area contributed by atoms with Gasteiger partial charge in [0.15, 0.2) is 0 Å². The Hall–Kier alpha value is -2.51. The average molecular weight is 448 g/mol. The lowest BCUT2D eigenvalue weighted by molar-refractivity contribution is -0.155. The van der Waals surface area contributed by atoms with Gasteiger partial charge in [-0.25, -0.2) is 8.78 Å². The van der Waals surface area contributed by atoms with Crippen LogP contribution in [0.5, 0.6) is 5.75 Å². The van der Waals surface area contributed by atoms with Gasteiger partial charge in [0.2, 0.25) is 0 Å². The SMILES string of the molecule is Cc1cc(OCc2cc(F)ccc2F)ccc1C1CN(CCC(=O)OC(C)(C)C)CCO1. The van der Waals surface area contributed by atoms with Crippen molar-refractivity contribution in [1.29, 1.82) is 0 Å². The molecule has 1 unspecified atom stereocenters. The van der Waals surface area contributed by atoms with Crippen molar-refractivity contribution in [3.05, 3.63) is 64.7 Å². The molecule has 0 aromatic heterocycles. The molecule has 7 heteroatoms. The molecule has 1 aliphatic rings. The van der Waals surface area contributed by atoms with E-state index in [1.54, 1.807) is 0 Å². The first-order chi connectivity index (χ1) is 15.1. The normalized spacial score (nSPS) is 17.2. The van der Waals surface area contributed by atoms with Gasteiger partial charge >= 0.3 is 5.97 Å². The van der Waals surface area contributed by atoms with Gasteiger partial charge in [-0.05, 0) is 69.2 Å². The van der Waals surface area contributed by atoms with Crippen LogP contribution in [0, 0.1) is 18.6 Å². The molecule has 174 valence electrons. The molecule has 1 fully saturated rings. The number of ether oxygens (including phenoxy) is 3. The molecule has 0 amide bonds. The number of aryl methyl sites for hydroxylation is 1. The van der Waals surface area contributed by atoms with Crippen LogP contribution in [0.4, 0.5) is 8.78 Å². The Kier molecular flexibility index (Phi) is 7.85. The van der Waals surface area contributed by atoms with Gasteiger partial charge in [0.05, 0.1) is 19.1 Å². The van der Waals surface area contributed by atoms with Gasteiger partial charge in [-0.3, -0.25) is 9.69 Å². The number of esters is 1. The summed E-state index contributed by atoms with van der Waals surface area (Å²) < 4.78 is 44.1. The van der Waals surface area contributed by atoms with Crippen LogP contribution in [0.15, 0.2) is 36.4 Å². The minimum Gasteiger partial charge on any atom is -0.489 e. The Labute approximate surface area is 188 Å². The van der Waals surface area contributed by atoms with E-state index in [9.17, 15) is 13.6 Å². The number of rotatable bonds is 7. The Balaban J connectivity index is 1.56. The van der Waals surface area contributed by atoms with Crippen molar-refractivity contribution in [3.8, 4) is 5.75 Å². The van der Waals surface area contributed by atoms with E-state index in [0.717, 1.165) is 35.9 Å². The van der Waals surface area contributed by atoms with Crippen LogP contribution in [0.2, 0.25) is 0 Å². The second-order valence-corrected chi connectivity index (χ2v) is 9.04. The lowest BCUT2D eigenvalue weighted by atomic mass is 10.0. The molecule has 2 aromatic carbocycles. The van der Waals surface area contributed by atoms with Gasteiger partial charge in [0.25, 0.3) is 0 Å². The number of halogens is 2. The highest BCUT2D eigenvalue weighted by molar-refractivity contribution is 5.70. The second kappa shape index (κ2) is 10.4. The molecule has 0 aliphatic carbocycles. The molecule has 0 bridgehead atoms. The fourth-order valence-electron chi connectivity index (χ4n) is 3.65. The zero-order valence-corrected chi connectivity index (χ0v) is 19.1. The maximum atomic E-state index is 13.8. The largest absolute Gasteiger partial charge is 0.489 e.